The second-order valence-corrected chi connectivity index (χ2v) is 2.55. The number of aryl methyl sites for hydroxylation is 1. The van der Waals surface area contributed by atoms with Crippen LogP contribution in [0.3, 0.4) is 0 Å². The van der Waals surface area contributed by atoms with Gasteiger partial charge in [0.1, 0.15) is 0 Å². The molecule has 1 aromatic rings. The zero-order valence-corrected chi connectivity index (χ0v) is 7.29. The third-order valence-corrected chi connectivity index (χ3v) is 1.59. The van der Waals surface area contributed by atoms with Crippen molar-refractivity contribution in [2.75, 3.05) is 7.11 Å². The van der Waals surface area contributed by atoms with Crippen molar-refractivity contribution in [2.24, 2.45) is 0 Å². The van der Waals surface area contributed by atoms with Crippen molar-refractivity contribution in [2.45, 2.75) is 13.3 Å². The number of rotatable bonds is 2. The number of methoxy groups -OCH3 is 1. The molecule has 0 aliphatic rings. The van der Waals surface area contributed by atoms with Gasteiger partial charge >= 0.3 is 0 Å². The summed E-state index contributed by atoms with van der Waals surface area (Å²) in [6.07, 6.45) is 7.54. The lowest BCUT2D eigenvalue weighted by atomic mass is 10.2. The Hall–Kier alpha value is -1.49. The second-order valence-electron chi connectivity index (χ2n) is 2.55. The number of nitrogens with zero attached hydrogens (tertiary/aromatic N) is 1. The predicted molar refractivity (Wildman–Crippen MR) is 48.1 cm³/mol. The van der Waals surface area contributed by atoms with E-state index in [4.69, 9.17) is 11.2 Å². The minimum atomic E-state index is 0.623. The summed E-state index contributed by atoms with van der Waals surface area (Å²) in [7, 11) is 1.61. The Morgan fingerprint density at radius 1 is 1.67 bits per heavy atom. The lowest BCUT2D eigenvalue weighted by Gasteiger charge is -2.03. The van der Waals surface area contributed by atoms with E-state index in [1.807, 2.05) is 13.0 Å². The highest BCUT2D eigenvalue weighted by atomic mass is 16.5. The van der Waals surface area contributed by atoms with E-state index < -0.39 is 0 Å². The maximum atomic E-state index is 5.17. The summed E-state index contributed by atoms with van der Waals surface area (Å²) in [5.74, 6) is 3.23. The molecule has 1 aromatic heterocycles. The Morgan fingerprint density at radius 2 is 2.42 bits per heavy atom. The van der Waals surface area contributed by atoms with Crippen molar-refractivity contribution >= 4 is 0 Å². The van der Waals surface area contributed by atoms with Crippen LogP contribution in [-0.4, -0.2) is 12.1 Å². The normalized spacial score (nSPS) is 9.08. The quantitative estimate of drug-likeness (QED) is 0.614. The van der Waals surface area contributed by atoms with Crippen molar-refractivity contribution in [1.29, 1.82) is 0 Å². The van der Waals surface area contributed by atoms with Crippen molar-refractivity contribution in [3.8, 4) is 18.2 Å². The largest absolute Gasteiger partial charge is 0.481 e. The van der Waals surface area contributed by atoms with Gasteiger partial charge in [-0.1, -0.05) is 0 Å². The second kappa shape index (κ2) is 3.77. The highest BCUT2D eigenvalue weighted by Crippen LogP contribution is 2.14. The molecule has 0 aliphatic carbocycles. The molecular weight excluding hydrogens is 150 g/mol. The molecule has 0 atom stereocenters. The Bertz CT molecular complexity index is 312. The first-order valence-electron chi connectivity index (χ1n) is 3.71. The molecule has 0 amide bonds. The van der Waals surface area contributed by atoms with Crippen LogP contribution < -0.4 is 4.74 Å². The van der Waals surface area contributed by atoms with Gasteiger partial charge in [0.05, 0.1) is 7.11 Å². The average molecular weight is 161 g/mol. The molecule has 0 radical (unpaired) electrons. The first-order valence-corrected chi connectivity index (χ1v) is 3.71. The zero-order chi connectivity index (χ0) is 8.97. The molecular formula is C10H11NO. The van der Waals surface area contributed by atoms with Crippen LogP contribution in [0.5, 0.6) is 5.88 Å². The summed E-state index contributed by atoms with van der Waals surface area (Å²) >= 11 is 0. The summed E-state index contributed by atoms with van der Waals surface area (Å²) in [6, 6.07) is 1.99. The summed E-state index contributed by atoms with van der Waals surface area (Å²) in [6.45, 7) is 1.95. The summed E-state index contributed by atoms with van der Waals surface area (Å²) in [4.78, 5) is 4.10. The smallest absolute Gasteiger partial charge is 0.215 e. The minimum absolute atomic E-state index is 0.623. The monoisotopic (exact) mass is 161 g/mol. The van der Waals surface area contributed by atoms with E-state index in [1.165, 1.54) is 0 Å². The van der Waals surface area contributed by atoms with Gasteiger partial charge in [-0.15, -0.1) is 12.3 Å². The maximum Gasteiger partial charge on any atom is 0.215 e. The van der Waals surface area contributed by atoms with Crippen LogP contribution in [0, 0.1) is 19.3 Å². The summed E-state index contributed by atoms with van der Waals surface area (Å²) in [5.41, 5.74) is 2.07. The molecule has 0 fully saturated rings. The number of pyridine rings is 1. The number of ether oxygens (including phenoxy) is 1. The van der Waals surface area contributed by atoms with Crippen LogP contribution in [0.25, 0.3) is 0 Å². The van der Waals surface area contributed by atoms with Gasteiger partial charge in [0.25, 0.3) is 0 Å². The molecule has 0 N–H and O–H groups in total. The van der Waals surface area contributed by atoms with Gasteiger partial charge in [0, 0.05) is 18.2 Å². The fraction of sp³-hybridized carbons (Fsp3) is 0.300. The van der Waals surface area contributed by atoms with Crippen LogP contribution in [0.4, 0.5) is 0 Å². The topological polar surface area (TPSA) is 22.1 Å². The van der Waals surface area contributed by atoms with E-state index in [1.54, 1.807) is 13.3 Å². The molecule has 0 spiro atoms. The molecule has 62 valence electrons. The van der Waals surface area contributed by atoms with Gasteiger partial charge < -0.3 is 4.74 Å². The van der Waals surface area contributed by atoms with Crippen molar-refractivity contribution < 1.29 is 4.74 Å². The fourth-order valence-corrected chi connectivity index (χ4v) is 1.05. The molecule has 12 heavy (non-hydrogen) atoms. The molecule has 0 aliphatic heterocycles. The van der Waals surface area contributed by atoms with Crippen LogP contribution in [0.15, 0.2) is 12.3 Å². The molecule has 0 bridgehead atoms. The Kier molecular flexibility index (Phi) is 2.71. The standard InChI is InChI=1S/C10H11NO/c1-4-5-9-6-8(2)10(12-3)11-7-9/h1,6-7H,5H2,2-3H3. The highest BCUT2D eigenvalue weighted by Gasteiger charge is 1.99. The third-order valence-electron chi connectivity index (χ3n) is 1.59. The van der Waals surface area contributed by atoms with E-state index in [9.17, 15) is 0 Å². The number of hydrogen-bond donors (Lipinski definition) is 0. The van der Waals surface area contributed by atoms with Crippen LogP contribution in [0.2, 0.25) is 0 Å². The van der Waals surface area contributed by atoms with Crippen molar-refractivity contribution in [3.05, 3.63) is 23.4 Å². The van der Waals surface area contributed by atoms with Crippen molar-refractivity contribution in [1.82, 2.24) is 4.98 Å². The van der Waals surface area contributed by atoms with Crippen molar-refractivity contribution in [3.63, 3.8) is 0 Å². The SMILES string of the molecule is C#CCc1cnc(OC)c(C)c1. The lowest BCUT2D eigenvalue weighted by Crippen LogP contribution is -1.93. The van der Waals surface area contributed by atoms with Gasteiger partial charge in [-0.2, -0.15) is 0 Å². The Labute approximate surface area is 72.6 Å². The van der Waals surface area contributed by atoms with Gasteiger partial charge in [-0.3, -0.25) is 0 Å². The zero-order valence-electron chi connectivity index (χ0n) is 7.29. The summed E-state index contributed by atoms with van der Waals surface area (Å²) in [5, 5.41) is 0. The molecule has 2 nitrogen and oxygen atoms in total. The first kappa shape index (κ1) is 8.61. The maximum absolute atomic E-state index is 5.17. The molecule has 0 saturated heterocycles. The first-order chi connectivity index (χ1) is 5.77. The predicted octanol–water partition coefficient (Wildman–Crippen LogP) is 1.57. The van der Waals surface area contributed by atoms with Gasteiger partial charge in [0.2, 0.25) is 5.88 Å². The van der Waals surface area contributed by atoms with Crippen LogP contribution in [-0.2, 0) is 6.42 Å². The Balaban J connectivity index is 2.95. The van der Waals surface area contributed by atoms with Gasteiger partial charge in [-0.25, -0.2) is 4.98 Å². The third kappa shape index (κ3) is 1.76. The van der Waals surface area contributed by atoms with Crippen LogP contribution >= 0.6 is 0 Å². The fourth-order valence-electron chi connectivity index (χ4n) is 1.05. The van der Waals surface area contributed by atoms with Gasteiger partial charge in [0.15, 0.2) is 0 Å². The molecule has 0 aromatic carbocycles. The lowest BCUT2D eigenvalue weighted by molar-refractivity contribution is 0.394. The molecule has 1 rings (SSSR count). The highest BCUT2D eigenvalue weighted by molar-refractivity contribution is 5.29. The Morgan fingerprint density at radius 3 is 2.92 bits per heavy atom. The molecule has 2 heteroatoms. The van der Waals surface area contributed by atoms with E-state index in [0.29, 0.717) is 12.3 Å². The number of terminal acetylenes is 1. The van der Waals surface area contributed by atoms with E-state index in [0.717, 1.165) is 11.1 Å². The number of aromatic nitrogens is 1. The van der Waals surface area contributed by atoms with E-state index >= 15 is 0 Å². The molecule has 1 heterocycles. The van der Waals surface area contributed by atoms with E-state index in [2.05, 4.69) is 10.9 Å². The summed E-state index contributed by atoms with van der Waals surface area (Å²) < 4.78 is 5.02. The van der Waals surface area contributed by atoms with Gasteiger partial charge in [-0.05, 0) is 18.6 Å². The van der Waals surface area contributed by atoms with E-state index in [-0.39, 0.29) is 0 Å². The minimum Gasteiger partial charge on any atom is -0.481 e. The molecule has 0 unspecified atom stereocenters. The number of hydrogen-bond acceptors (Lipinski definition) is 2. The molecule has 0 saturated carbocycles. The van der Waals surface area contributed by atoms with Crippen LogP contribution in [0.1, 0.15) is 11.1 Å². The average Bonchev–Trinajstić information content (AvgIpc) is 2.05.